The molecule has 2 aromatic rings. The zero-order chi connectivity index (χ0) is 19.4. The summed E-state index contributed by atoms with van der Waals surface area (Å²) in [5.41, 5.74) is 2.85. The smallest absolute Gasteiger partial charge is 0.251 e. The van der Waals surface area contributed by atoms with Gasteiger partial charge in [0, 0.05) is 35.7 Å². The van der Waals surface area contributed by atoms with Gasteiger partial charge in [0.15, 0.2) is 0 Å². The molecule has 0 spiro atoms. The minimum atomic E-state index is -0.141. The van der Waals surface area contributed by atoms with E-state index >= 15 is 0 Å². The maximum absolute atomic E-state index is 12.6. The maximum Gasteiger partial charge on any atom is 0.251 e. The quantitative estimate of drug-likeness (QED) is 0.860. The second kappa shape index (κ2) is 8.17. The van der Waals surface area contributed by atoms with Crippen molar-refractivity contribution in [2.45, 2.75) is 37.5 Å². The van der Waals surface area contributed by atoms with Gasteiger partial charge in [-0.1, -0.05) is 45.0 Å². The molecular weight excluding hydrogens is 356 g/mol. The first-order chi connectivity index (χ1) is 12.9. The molecule has 1 aliphatic heterocycles. The van der Waals surface area contributed by atoms with E-state index in [0.717, 1.165) is 16.3 Å². The van der Waals surface area contributed by atoms with Crippen LogP contribution in [0.4, 0.5) is 5.69 Å². The van der Waals surface area contributed by atoms with E-state index in [1.807, 2.05) is 53.4 Å². The van der Waals surface area contributed by atoms with Crippen molar-refractivity contribution < 1.29 is 9.59 Å². The normalized spacial score (nSPS) is 13.8. The third-order valence-corrected chi connectivity index (χ3v) is 5.71. The first-order valence-corrected chi connectivity index (χ1v) is 10.3. The van der Waals surface area contributed by atoms with Crippen molar-refractivity contribution in [2.75, 3.05) is 23.7 Å². The number of fused-ring (bicyclic) bond motifs is 1. The largest absolute Gasteiger partial charge is 0.352 e. The van der Waals surface area contributed by atoms with Gasteiger partial charge in [0.25, 0.3) is 5.91 Å². The average Bonchev–Trinajstić information content (AvgIpc) is 2.66. The van der Waals surface area contributed by atoms with Crippen LogP contribution in [-0.4, -0.2) is 30.7 Å². The predicted molar refractivity (Wildman–Crippen MR) is 112 cm³/mol. The number of carbonyl (C=O) groups is 2. The summed E-state index contributed by atoms with van der Waals surface area (Å²) in [5.74, 6) is 0.805. The van der Waals surface area contributed by atoms with Gasteiger partial charge in [-0.05, 0) is 35.2 Å². The molecule has 0 aliphatic carbocycles. The van der Waals surface area contributed by atoms with E-state index in [2.05, 4.69) is 26.1 Å². The molecule has 2 aromatic carbocycles. The van der Waals surface area contributed by atoms with Crippen molar-refractivity contribution in [1.82, 2.24) is 5.32 Å². The standard InChI is InChI=1S/C22H26N2O2S/c1-22(2,3)17-10-8-16(9-11-17)21(26)23-13-12-20(25)24-14-15-27-19-7-5-4-6-18(19)24/h4-11H,12-15H2,1-3H3,(H,23,26). The highest BCUT2D eigenvalue weighted by Gasteiger charge is 2.22. The zero-order valence-electron chi connectivity index (χ0n) is 16.1. The number of nitrogens with zero attached hydrogens (tertiary/aromatic N) is 1. The summed E-state index contributed by atoms with van der Waals surface area (Å²) in [4.78, 5) is 27.9. The Morgan fingerprint density at radius 3 is 2.48 bits per heavy atom. The lowest BCUT2D eigenvalue weighted by atomic mass is 9.87. The van der Waals surface area contributed by atoms with E-state index in [-0.39, 0.29) is 17.2 Å². The van der Waals surface area contributed by atoms with Crippen molar-refractivity contribution in [3.63, 3.8) is 0 Å². The molecule has 27 heavy (non-hydrogen) atoms. The molecule has 0 saturated carbocycles. The predicted octanol–water partition coefficient (Wildman–Crippen LogP) is 4.24. The van der Waals surface area contributed by atoms with Crippen molar-refractivity contribution in [3.8, 4) is 0 Å². The van der Waals surface area contributed by atoms with Gasteiger partial charge in [-0.3, -0.25) is 9.59 Å². The van der Waals surface area contributed by atoms with Crippen LogP contribution in [0.5, 0.6) is 0 Å². The molecule has 5 heteroatoms. The summed E-state index contributed by atoms with van der Waals surface area (Å²) < 4.78 is 0. The summed E-state index contributed by atoms with van der Waals surface area (Å²) >= 11 is 1.77. The highest BCUT2D eigenvalue weighted by atomic mass is 32.2. The monoisotopic (exact) mass is 382 g/mol. The van der Waals surface area contributed by atoms with Crippen molar-refractivity contribution in [1.29, 1.82) is 0 Å². The summed E-state index contributed by atoms with van der Waals surface area (Å²) in [5, 5.41) is 2.86. The van der Waals surface area contributed by atoms with Crippen LogP contribution in [0.2, 0.25) is 0 Å². The molecule has 1 N–H and O–H groups in total. The Labute approximate surface area is 165 Å². The molecule has 1 heterocycles. The minimum absolute atomic E-state index is 0.0473. The topological polar surface area (TPSA) is 49.4 Å². The molecule has 3 rings (SSSR count). The number of rotatable bonds is 4. The molecule has 0 bridgehead atoms. The number of anilines is 1. The third kappa shape index (κ3) is 4.72. The molecule has 0 atom stereocenters. The van der Waals surface area contributed by atoms with Gasteiger partial charge in [-0.25, -0.2) is 0 Å². The first kappa shape index (κ1) is 19.5. The highest BCUT2D eigenvalue weighted by Crippen LogP contribution is 2.34. The van der Waals surface area contributed by atoms with Gasteiger partial charge in [0.2, 0.25) is 5.91 Å². The number of amides is 2. The fraction of sp³-hybridized carbons (Fsp3) is 0.364. The lowest BCUT2D eigenvalue weighted by Crippen LogP contribution is -2.37. The van der Waals surface area contributed by atoms with E-state index in [0.29, 0.717) is 25.1 Å². The molecule has 0 fully saturated rings. The van der Waals surface area contributed by atoms with Gasteiger partial charge in [0.1, 0.15) is 0 Å². The Hall–Kier alpha value is -2.27. The van der Waals surface area contributed by atoms with Crippen LogP contribution in [0.3, 0.4) is 0 Å². The van der Waals surface area contributed by atoms with Crippen LogP contribution in [0.1, 0.15) is 43.1 Å². The lowest BCUT2D eigenvalue weighted by molar-refractivity contribution is -0.118. The zero-order valence-corrected chi connectivity index (χ0v) is 16.9. The van der Waals surface area contributed by atoms with Crippen LogP contribution in [0.15, 0.2) is 53.4 Å². The second-order valence-corrected chi connectivity index (χ2v) is 8.83. The SMILES string of the molecule is CC(C)(C)c1ccc(C(=O)NCCC(=O)N2CCSc3ccccc32)cc1. The van der Waals surface area contributed by atoms with Gasteiger partial charge in [-0.15, -0.1) is 11.8 Å². The second-order valence-electron chi connectivity index (χ2n) is 7.69. The number of hydrogen-bond donors (Lipinski definition) is 1. The fourth-order valence-corrected chi connectivity index (χ4v) is 4.06. The molecule has 0 radical (unpaired) electrons. The minimum Gasteiger partial charge on any atom is -0.352 e. The summed E-state index contributed by atoms with van der Waals surface area (Å²) in [7, 11) is 0. The van der Waals surface area contributed by atoms with Gasteiger partial charge >= 0.3 is 0 Å². The van der Waals surface area contributed by atoms with Crippen molar-refractivity contribution in [2.24, 2.45) is 0 Å². The van der Waals surface area contributed by atoms with Gasteiger partial charge in [-0.2, -0.15) is 0 Å². The van der Waals surface area contributed by atoms with Gasteiger partial charge < -0.3 is 10.2 Å². The average molecular weight is 383 g/mol. The molecule has 142 valence electrons. The van der Waals surface area contributed by atoms with Crippen LogP contribution in [-0.2, 0) is 10.2 Å². The Balaban J connectivity index is 1.54. The number of thioether (sulfide) groups is 1. The Morgan fingerprint density at radius 1 is 1.07 bits per heavy atom. The van der Waals surface area contributed by atoms with Crippen molar-refractivity contribution in [3.05, 3.63) is 59.7 Å². The maximum atomic E-state index is 12.6. The van der Waals surface area contributed by atoms with Crippen LogP contribution in [0.25, 0.3) is 0 Å². The summed E-state index contributed by atoms with van der Waals surface area (Å²) in [6.45, 7) is 7.48. The van der Waals surface area contributed by atoms with E-state index in [1.165, 1.54) is 5.56 Å². The van der Waals surface area contributed by atoms with Crippen LogP contribution >= 0.6 is 11.8 Å². The lowest BCUT2D eigenvalue weighted by Gasteiger charge is -2.29. The molecule has 1 aliphatic rings. The number of carbonyl (C=O) groups excluding carboxylic acids is 2. The summed E-state index contributed by atoms with van der Waals surface area (Å²) in [6, 6.07) is 15.6. The van der Waals surface area contributed by atoms with Crippen LogP contribution in [0, 0.1) is 0 Å². The number of hydrogen-bond acceptors (Lipinski definition) is 3. The Morgan fingerprint density at radius 2 is 1.78 bits per heavy atom. The molecule has 2 amide bonds. The first-order valence-electron chi connectivity index (χ1n) is 9.27. The fourth-order valence-electron chi connectivity index (χ4n) is 3.07. The van der Waals surface area contributed by atoms with Crippen LogP contribution < -0.4 is 10.2 Å². The number of nitrogens with one attached hydrogen (secondary N) is 1. The number of benzene rings is 2. The van der Waals surface area contributed by atoms with E-state index in [9.17, 15) is 9.59 Å². The molecule has 0 aromatic heterocycles. The van der Waals surface area contributed by atoms with E-state index < -0.39 is 0 Å². The van der Waals surface area contributed by atoms with Gasteiger partial charge in [0.05, 0.1) is 5.69 Å². The molecule has 0 unspecified atom stereocenters. The van der Waals surface area contributed by atoms with Crippen molar-refractivity contribution >= 4 is 29.3 Å². The molecule has 4 nitrogen and oxygen atoms in total. The van der Waals surface area contributed by atoms with E-state index in [1.54, 1.807) is 11.8 Å². The van der Waals surface area contributed by atoms with E-state index in [4.69, 9.17) is 0 Å². The Bertz CT molecular complexity index is 825. The third-order valence-electron chi connectivity index (χ3n) is 4.67. The molecule has 0 saturated heterocycles. The highest BCUT2D eigenvalue weighted by molar-refractivity contribution is 7.99. The Kier molecular flexibility index (Phi) is 5.90. The molecular formula is C22H26N2O2S. The summed E-state index contributed by atoms with van der Waals surface area (Å²) in [6.07, 6.45) is 0.296. The number of para-hydroxylation sites is 1.